The fraction of sp³-hybridized carbons (Fsp3) is 0.263. The molecule has 2 heteroatoms. The first-order valence-electron chi connectivity index (χ1n) is 27.9. The fourth-order valence-electron chi connectivity index (χ4n) is 8.06. The molecule has 0 atom stereocenters. The minimum atomic E-state index is 0.228. The third-order valence-corrected chi connectivity index (χ3v) is 13.6. The van der Waals surface area contributed by atoms with E-state index in [9.17, 15) is 0 Å². The normalized spacial score (nSPS) is 12.9. The van der Waals surface area contributed by atoms with Gasteiger partial charge >= 0.3 is 0 Å². The second-order valence-corrected chi connectivity index (χ2v) is 21.4. The molecule has 10 rings (SSSR count). The van der Waals surface area contributed by atoms with E-state index >= 15 is 0 Å². The molecule has 0 unspecified atom stereocenters. The lowest BCUT2D eigenvalue weighted by Gasteiger charge is -2.22. The zero-order valence-electron chi connectivity index (χ0n) is 49.0. The molecule has 0 amide bonds. The molecule has 0 aliphatic heterocycles. The summed E-state index contributed by atoms with van der Waals surface area (Å²) in [6, 6.07) is 75.6. The quantitative estimate of drug-likeness (QED) is 0.117. The van der Waals surface area contributed by atoms with Crippen LogP contribution in [0.3, 0.4) is 0 Å². The van der Waals surface area contributed by atoms with Gasteiger partial charge in [0.05, 0.1) is 0 Å². The smallest absolute Gasteiger partial charge is 0.230 e. The number of benzene rings is 9. The first kappa shape index (κ1) is 61.0. The standard InChI is InChI=1S/C16H14.C15H16O2.C15H16.C14H14.C8H16.C8H10/c1-13-3-7-15(8-4-13)11-12-16-9-5-14(2)6-10-16;1-12-3-7-14(8-4-12)16-11-17-15-9-5-13(2)6-10-15;1-12-3-7-14(8-4-12)11-15-9-5-13(2)6-10-15;1-11-3-7-13(8-4-11)14-9-5-12(2)6-10-14;2*1-7-3-5-8(2)6-4-7/h3-10H,1-2H3;3-10H,11H2,1-2H3;3-10H,11H2,1-2H3;3-10H,1-2H3;7-8H,3-6H2,1-2H3;3-6H,1-2H3. The van der Waals surface area contributed by atoms with E-state index in [-0.39, 0.29) is 6.79 Å². The van der Waals surface area contributed by atoms with Crippen molar-refractivity contribution in [1.29, 1.82) is 0 Å². The Morgan fingerprint density at radius 1 is 0.282 bits per heavy atom. The van der Waals surface area contributed by atoms with Crippen LogP contribution in [0.2, 0.25) is 0 Å². The van der Waals surface area contributed by atoms with E-state index in [4.69, 9.17) is 9.47 Å². The van der Waals surface area contributed by atoms with E-state index < -0.39 is 0 Å². The predicted octanol–water partition coefficient (Wildman–Crippen LogP) is 20.4. The van der Waals surface area contributed by atoms with Gasteiger partial charge in [0.1, 0.15) is 11.5 Å². The summed E-state index contributed by atoms with van der Waals surface area (Å²) in [5, 5.41) is 0. The SMILES string of the molecule is CC1CCC(C)CC1.Cc1ccc(-c2ccc(C)cc2)cc1.Cc1ccc(C#Cc2ccc(C)cc2)cc1.Cc1ccc(C)cc1.Cc1ccc(Cc2ccc(C)cc2)cc1.Cc1ccc(OCOc2ccc(C)cc2)cc1. The molecule has 402 valence electrons. The van der Waals surface area contributed by atoms with Gasteiger partial charge in [-0.05, 0) is 158 Å². The van der Waals surface area contributed by atoms with E-state index in [0.29, 0.717) is 0 Å². The Morgan fingerprint density at radius 3 is 0.744 bits per heavy atom. The van der Waals surface area contributed by atoms with Gasteiger partial charge in [-0.2, -0.15) is 0 Å². The molecule has 0 spiro atoms. The van der Waals surface area contributed by atoms with Gasteiger partial charge in [-0.25, -0.2) is 0 Å². The molecule has 1 aliphatic rings. The summed E-state index contributed by atoms with van der Waals surface area (Å²) >= 11 is 0. The Morgan fingerprint density at radius 2 is 0.487 bits per heavy atom. The molecule has 9 aromatic carbocycles. The van der Waals surface area contributed by atoms with Crippen LogP contribution in [-0.2, 0) is 6.42 Å². The van der Waals surface area contributed by atoms with Gasteiger partial charge in [-0.3, -0.25) is 0 Å². The van der Waals surface area contributed by atoms with Gasteiger partial charge in [0, 0.05) is 11.1 Å². The van der Waals surface area contributed by atoms with E-state index in [1.165, 1.54) is 104 Å². The van der Waals surface area contributed by atoms with Crippen molar-refractivity contribution in [1.82, 2.24) is 0 Å². The zero-order chi connectivity index (χ0) is 56.1. The van der Waals surface area contributed by atoms with Crippen molar-refractivity contribution in [2.75, 3.05) is 6.79 Å². The van der Waals surface area contributed by atoms with Crippen LogP contribution in [0.4, 0.5) is 0 Å². The van der Waals surface area contributed by atoms with Crippen molar-refractivity contribution < 1.29 is 9.47 Å². The molecule has 78 heavy (non-hydrogen) atoms. The van der Waals surface area contributed by atoms with Crippen LogP contribution in [0, 0.1) is 92.9 Å². The fourth-order valence-corrected chi connectivity index (χ4v) is 8.06. The first-order chi connectivity index (χ1) is 37.5. The highest BCUT2D eigenvalue weighted by molar-refractivity contribution is 5.63. The summed E-state index contributed by atoms with van der Waals surface area (Å²) in [4.78, 5) is 0. The monoisotopic (exact) mass is 1030 g/mol. The highest BCUT2D eigenvalue weighted by Gasteiger charge is 2.13. The zero-order valence-corrected chi connectivity index (χ0v) is 49.0. The molecule has 1 aliphatic carbocycles. The van der Waals surface area contributed by atoms with Crippen LogP contribution >= 0.6 is 0 Å². The lowest BCUT2D eigenvalue weighted by Crippen LogP contribution is -2.08. The molecule has 1 fully saturated rings. The van der Waals surface area contributed by atoms with Crippen molar-refractivity contribution in [2.24, 2.45) is 11.8 Å². The lowest BCUT2D eigenvalue weighted by atomic mass is 9.84. The molecular weight excluding hydrogens is 945 g/mol. The summed E-state index contributed by atoms with van der Waals surface area (Å²) < 4.78 is 10.9. The Hall–Kier alpha value is -7.86. The Labute approximate surface area is 471 Å². The first-order valence-corrected chi connectivity index (χ1v) is 27.9. The van der Waals surface area contributed by atoms with Crippen molar-refractivity contribution in [3.05, 3.63) is 296 Å². The van der Waals surface area contributed by atoms with Gasteiger partial charge in [0.2, 0.25) is 6.79 Å². The van der Waals surface area contributed by atoms with E-state index in [1.807, 2.05) is 62.4 Å². The maximum absolute atomic E-state index is 5.47. The summed E-state index contributed by atoms with van der Waals surface area (Å²) in [6.07, 6.45) is 6.92. The van der Waals surface area contributed by atoms with Crippen molar-refractivity contribution in [3.8, 4) is 34.5 Å². The van der Waals surface area contributed by atoms with E-state index in [1.54, 1.807) is 0 Å². The van der Waals surface area contributed by atoms with Gasteiger partial charge < -0.3 is 9.47 Å². The Balaban J connectivity index is 0.000000176. The number of rotatable bonds is 7. The van der Waals surface area contributed by atoms with Crippen molar-refractivity contribution in [3.63, 3.8) is 0 Å². The van der Waals surface area contributed by atoms with Crippen molar-refractivity contribution >= 4 is 0 Å². The molecule has 0 aromatic heterocycles. The van der Waals surface area contributed by atoms with E-state index in [0.717, 1.165) is 40.9 Å². The second kappa shape index (κ2) is 33.3. The average molecular weight is 1030 g/mol. The molecule has 1 saturated carbocycles. The third kappa shape index (κ3) is 24.9. The van der Waals surface area contributed by atoms with Gasteiger partial charge in [0.25, 0.3) is 0 Å². The molecule has 0 bridgehead atoms. The molecule has 9 aromatic rings. The molecule has 0 N–H and O–H groups in total. The third-order valence-electron chi connectivity index (χ3n) is 13.6. The number of aryl methyl sites for hydroxylation is 10. The van der Waals surface area contributed by atoms with Gasteiger partial charge in [-0.1, -0.05) is 277 Å². The highest BCUT2D eigenvalue weighted by atomic mass is 16.7. The molecule has 0 heterocycles. The van der Waals surface area contributed by atoms with Crippen LogP contribution in [-0.4, -0.2) is 6.79 Å². The minimum absolute atomic E-state index is 0.228. The topological polar surface area (TPSA) is 18.5 Å². The minimum Gasteiger partial charge on any atom is -0.458 e. The summed E-state index contributed by atoms with van der Waals surface area (Å²) in [5.74, 6) is 10.00. The van der Waals surface area contributed by atoms with Crippen molar-refractivity contribution in [2.45, 2.75) is 115 Å². The maximum Gasteiger partial charge on any atom is 0.230 e. The summed E-state index contributed by atoms with van der Waals surface area (Å²) in [6.45, 7) is 25.9. The predicted molar refractivity (Wildman–Crippen MR) is 336 cm³/mol. The van der Waals surface area contributed by atoms with Gasteiger partial charge in [0.15, 0.2) is 0 Å². The van der Waals surface area contributed by atoms with Crippen LogP contribution in [0.25, 0.3) is 11.1 Å². The summed E-state index contributed by atoms with van der Waals surface area (Å²) in [7, 11) is 0. The number of hydrogen-bond donors (Lipinski definition) is 0. The Kier molecular flexibility index (Phi) is 26.1. The second-order valence-electron chi connectivity index (χ2n) is 21.4. The largest absolute Gasteiger partial charge is 0.458 e. The molecular formula is C76H86O2. The lowest BCUT2D eigenvalue weighted by molar-refractivity contribution is 0.120. The van der Waals surface area contributed by atoms with Crippen LogP contribution in [0.5, 0.6) is 11.5 Å². The van der Waals surface area contributed by atoms with Gasteiger partial charge in [-0.15, -0.1) is 0 Å². The summed E-state index contributed by atoms with van der Waals surface area (Å²) in [5.41, 5.74) is 20.3. The number of ether oxygens (including phenoxy) is 2. The van der Waals surface area contributed by atoms with Crippen LogP contribution in [0.15, 0.2) is 218 Å². The van der Waals surface area contributed by atoms with E-state index in [2.05, 4.69) is 251 Å². The molecule has 0 radical (unpaired) electrons. The Bertz CT molecular complexity index is 2880. The number of hydrogen-bond acceptors (Lipinski definition) is 2. The van der Waals surface area contributed by atoms with Crippen LogP contribution in [0.1, 0.15) is 117 Å². The average Bonchev–Trinajstić information content (AvgIpc) is 3.45. The molecule has 2 nitrogen and oxygen atoms in total. The maximum atomic E-state index is 5.47. The highest BCUT2D eigenvalue weighted by Crippen LogP contribution is 2.27. The molecule has 0 saturated heterocycles. The van der Waals surface area contributed by atoms with Crippen LogP contribution < -0.4 is 9.47 Å².